The van der Waals surface area contributed by atoms with Gasteiger partial charge in [-0.3, -0.25) is 4.84 Å². The van der Waals surface area contributed by atoms with Gasteiger partial charge < -0.3 is 14.2 Å². The highest BCUT2D eigenvalue weighted by Gasteiger charge is 2.19. The Balaban J connectivity index is 0.00000289. The number of nitrogens with one attached hydrogen (secondary N) is 1. The van der Waals surface area contributed by atoms with E-state index in [9.17, 15) is 0 Å². The lowest BCUT2D eigenvalue weighted by atomic mass is 10.1. The summed E-state index contributed by atoms with van der Waals surface area (Å²) in [4.78, 5) is 5.83. The molecule has 0 unspecified atom stereocenters. The van der Waals surface area contributed by atoms with Crippen LogP contribution in [0.5, 0.6) is 11.5 Å². The van der Waals surface area contributed by atoms with Crippen LogP contribution in [0.2, 0.25) is 0 Å². The molecule has 6 heteroatoms. The number of halogens is 1. The summed E-state index contributed by atoms with van der Waals surface area (Å²) in [6.07, 6.45) is 3.90. The van der Waals surface area contributed by atoms with E-state index in [0.717, 1.165) is 16.7 Å². The maximum absolute atomic E-state index is 5.94. The van der Waals surface area contributed by atoms with Crippen LogP contribution in [-0.2, 0) is 22.8 Å². The molecule has 168 valence electrons. The van der Waals surface area contributed by atoms with Crippen molar-refractivity contribution in [1.29, 1.82) is 0 Å². The lowest BCUT2D eigenvalue weighted by molar-refractivity contribution is -0.0431. The summed E-state index contributed by atoms with van der Waals surface area (Å²) in [7, 11) is 1.64. The number of methoxy groups -OCH3 is 1. The van der Waals surface area contributed by atoms with Crippen molar-refractivity contribution in [2.75, 3.05) is 13.7 Å². The van der Waals surface area contributed by atoms with Crippen molar-refractivity contribution in [3.63, 3.8) is 0 Å². The molecule has 0 amide bonds. The fourth-order valence-corrected chi connectivity index (χ4v) is 3.34. The van der Waals surface area contributed by atoms with E-state index < -0.39 is 0 Å². The summed E-state index contributed by atoms with van der Waals surface area (Å²) in [5, 5.41) is 0. The highest BCUT2D eigenvalue weighted by atomic mass is 35.5. The lowest BCUT2D eigenvalue weighted by Gasteiger charge is -2.25. The first-order valence-electron chi connectivity index (χ1n) is 10.4. The minimum atomic E-state index is -0.206. The molecule has 0 aromatic heterocycles. The van der Waals surface area contributed by atoms with Gasteiger partial charge in [0.15, 0.2) is 11.5 Å². The second kappa shape index (κ2) is 12.3. The van der Waals surface area contributed by atoms with Gasteiger partial charge in [-0.2, -0.15) is 5.48 Å². The summed E-state index contributed by atoms with van der Waals surface area (Å²) in [5.74, 6) is 1.38. The molecule has 0 aliphatic carbocycles. The van der Waals surface area contributed by atoms with E-state index in [1.165, 1.54) is 0 Å². The van der Waals surface area contributed by atoms with Gasteiger partial charge in [0, 0.05) is 0 Å². The van der Waals surface area contributed by atoms with Gasteiger partial charge in [-0.25, -0.2) is 0 Å². The zero-order chi connectivity index (χ0) is 21.3. The Bertz CT molecular complexity index is 982. The maximum atomic E-state index is 5.94. The van der Waals surface area contributed by atoms with E-state index >= 15 is 0 Å². The third-order valence-corrected chi connectivity index (χ3v) is 5.03. The molecule has 0 radical (unpaired) electrons. The molecule has 3 aromatic carbocycles. The van der Waals surface area contributed by atoms with Crippen molar-refractivity contribution >= 4 is 12.4 Å². The van der Waals surface area contributed by atoms with Crippen LogP contribution in [0.15, 0.2) is 91.0 Å². The summed E-state index contributed by atoms with van der Waals surface area (Å²) < 4.78 is 17.3. The Morgan fingerprint density at radius 1 is 0.812 bits per heavy atom. The normalized spacial score (nSPS) is 17.4. The largest absolute Gasteiger partial charge is 0.493 e. The second-order valence-corrected chi connectivity index (χ2v) is 7.33. The fraction of sp³-hybridized carbons (Fsp3) is 0.231. The Morgan fingerprint density at radius 2 is 1.50 bits per heavy atom. The van der Waals surface area contributed by atoms with Crippen molar-refractivity contribution in [1.82, 2.24) is 5.48 Å². The van der Waals surface area contributed by atoms with E-state index in [4.69, 9.17) is 19.0 Å². The number of rotatable bonds is 9. The SMILES string of the molecule is COc1cc([C@@H]2C=C[C@H](COCc3ccccc3)NO2)ccc1OCc1ccccc1.Cl. The summed E-state index contributed by atoms with van der Waals surface area (Å²) in [5.41, 5.74) is 6.32. The predicted molar refractivity (Wildman–Crippen MR) is 127 cm³/mol. The van der Waals surface area contributed by atoms with Crippen molar-refractivity contribution in [3.05, 3.63) is 108 Å². The molecule has 1 N–H and O–H groups in total. The molecule has 3 aromatic rings. The number of ether oxygens (including phenoxy) is 3. The Hall–Kier alpha value is -2.83. The molecule has 1 aliphatic rings. The van der Waals surface area contributed by atoms with Crippen LogP contribution in [0.3, 0.4) is 0 Å². The van der Waals surface area contributed by atoms with Crippen LogP contribution < -0.4 is 15.0 Å². The van der Waals surface area contributed by atoms with Crippen LogP contribution in [0, 0.1) is 0 Å². The van der Waals surface area contributed by atoms with Gasteiger partial charge in [-0.05, 0) is 28.8 Å². The van der Waals surface area contributed by atoms with Crippen LogP contribution in [-0.4, -0.2) is 19.8 Å². The van der Waals surface area contributed by atoms with E-state index in [2.05, 4.69) is 23.7 Å². The Morgan fingerprint density at radius 3 is 2.12 bits per heavy atom. The van der Waals surface area contributed by atoms with Crippen molar-refractivity contribution in [3.8, 4) is 11.5 Å². The van der Waals surface area contributed by atoms with Gasteiger partial charge in [0.2, 0.25) is 0 Å². The molecule has 2 atom stereocenters. The van der Waals surface area contributed by atoms with Gasteiger partial charge in [0.1, 0.15) is 12.7 Å². The number of hydroxylamine groups is 1. The summed E-state index contributed by atoms with van der Waals surface area (Å²) in [6.45, 7) is 1.61. The van der Waals surface area contributed by atoms with Gasteiger partial charge >= 0.3 is 0 Å². The molecular formula is C26H28ClNO4. The van der Waals surface area contributed by atoms with Crippen molar-refractivity contribution in [2.45, 2.75) is 25.4 Å². The van der Waals surface area contributed by atoms with Crippen LogP contribution in [0.1, 0.15) is 22.8 Å². The zero-order valence-corrected chi connectivity index (χ0v) is 18.8. The highest BCUT2D eigenvalue weighted by Crippen LogP contribution is 2.33. The molecule has 0 spiro atoms. The molecule has 32 heavy (non-hydrogen) atoms. The molecule has 0 fully saturated rings. The first-order valence-corrected chi connectivity index (χ1v) is 10.4. The molecule has 1 heterocycles. The monoisotopic (exact) mass is 453 g/mol. The minimum absolute atomic E-state index is 0. The number of hydrogen-bond acceptors (Lipinski definition) is 5. The lowest BCUT2D eigenvalue weighted by Crippen LogP contribution is -2.36. The maximum Gasteiger partial charge on any atom is 0.161 e. The second-order valence-electron chi connectivity index (χ2n) is 7.33. The molecule has 0 saturated heterocycles. The number of hydrogen-bond donors (Lipinski definition) is 1. The van der Waals surface area contributed by atoms with Gasteiger partial charge in [0.25, 0.3) is 0 Å². The van der Waals surface area contributed by atoms with Crippen molar-refractivity contribution in [2.24, 2.45) is 0 Å². The third kappa shape index (κ3) is 6.58. The van der Waals surface area contributed by atoms with Crippen molar-refractivity contribution < 1.29 is 19.0 Å². The first-order chi connectivity index (χ1) is 15.3. The van der Waals surface area contributed by atoms with E-state index in [1.807, 2.05) is 72.8 Å². The standard InChI is InChI=1S/C26H27NO4.ClH/c1-28-26-16-22(12-14-25(26)30-18-21-10-6-3-7-11-21)24-15-13-23(27-31-24)19-29-17-20-8-4-2-5-9-20;/h2-16,23-24,27H,17-19H2,1H3;1H/t23-,24+;/m1./s1. The molecule has 5 nitrogen and oxygen atoms in total. The predicted octanol–water partition coefficient (Wildman–Crippen LogP) is 5.41. The Kier molecular flexibility index (Phi) is 9.13. The average Bonchev–Trinajstić information content (AvgIpc) is 2.84. The molecule has 0 saturated carbocycles. The van der Waals surface area contributed by atoms with Crippen LogP contribution in [0.25, 0.3) is 0 Å². The number of benzene rings is 3. The molecule has 4 rings (SSSR count). The van der Waals surface area contributed by atoms with E-state index in [-0.39, 0.29) is 24.6 Å². The smallest absolute Gasteiger partial charge is 0.161 e. The first kappa shape index (κ1) is 23.8. The average molecular weight is 454 g/mol. The third-order valence-electron chi connectivity index (χ3n) is 5.03. The topological polar surface area (TPSA) is 49.0 Å². The van der Waals surface area contributed by atoms with Crippen LogP contribution >= 0.6 is 12.4 Å². The minimum Gasteiger partial charge on any atom is -0.493 e. The summed E-state index contributed by atoms with van der Waals surface area (Å²) in [6, 6.07) is 26.1. The van der Waals surface area contributed by atoms with Gasteiger partial charge in [0.05, 0.1) is 26.4 Å². The highest BCUT2D eigenvalue weighted by molar-refractivity contribution is 5.85. The molecular weight excluding hydrogens is 426 g/mol. The quantitative estimate of drug-likeness (QED) is 0.439. The van der Waals surface area contributed by atoms with Crippen LogP contribution in [0.4, 0.5) is 0 Å². The summed E-state index contributed by atoms with van der Waals surface area (Å²) >= 11 is 0. The molecule has 1 aliphatic heterocycles. The Labute approximate surface area is 195 Å². The fourth-order valence-electron chi connectivity index (χ4n) is 3.34. The molecule has 0 bridgehead atoms. The van der Waals surface area contributed by atoms with E-state index in [0.29, 0.717) is 31.3 Å². The zero-order valence-electron chi connectivity index (χ0n) is 18.0. The van der Waals surface area contributed by atoms with Gasteiger partial charge in [-0.1, -0.05) is 78.9 Å². The van der Waals surface area contributed by atoms with E-state index in [1.54, 1.807) is 7.11 Å². The van der Waals surface area contributed by atoms with Gasteiger partial charge in [-0.15, -0.1) is 12.4 Å².